The van der Waals surface area contributed by atoms with Gasteiger partial charge in [-0.05, 0) is 38.0 Å². The molecule has 122 valence electrons. The van der Waals surface area contributed by atoms with Crippen molar-refractivity contribution in [1.82, 2.24) is 0 Å². The molecule has 0 bridgehead atoms. The first-order valence-corrected chi connectivity index (χ1v) is 9.64. The number of hydrogen-bond donors (Lipinski definition) is 0. The first-order chi connectivity index (χ1) is 10.3. The molecule has 1 atom stereocenters. The topological polar surface area (TPSA) is 0 Å². The fourth-order valence-electron chi connectivity index (χ4n) is 3.07. The van der Waals surface area contributed by atoms with E-state index in [4.69, 9.17) is 0 Å². The Morgan fingerprint density at radius 3 is 1.52 bits per heavy atom. The fourth-order valence-corrected chi connectivity index (χ4v) is 3.07. The molecule has 0 heteroatoms. The number of allylic oxidation sites excluding steroid dienone is 3. The van der Waals surface area contributed by atoms with Gasteiger partial charge in [0, 0.05) is 0 Å². The Labute approximate surface area is 134 Å². The molecule has 0 amide bonds. The summed E-state index contributed by atoms with van der Waals surface area (Å²) in [6.45, 7) is 6.11. The van der Waals surface area contributed by atoms with E-state index in [1.807, 2.05) is 6.08 Å². The third-order valence-electron chi connectivity index (χ3n) is 4.78. The standard InChI is InChI=1S/C21H38/c1-3-4-5-6-7-8-9-10-11-12-13-14-15-16-17-18-21-19-20(21)2/h3,18,20H,1,4-17,19H2,2H3. The molecule has 0 radical (unpaired) electrons. The number of rotatable bonds is 15. The third-order valence-corrected chi connectivity index (χ3v) is 4.78. The Hall–Kier alpha value is -0.520. The zero-order valence-electron chi connectivity index (χ0n) is 14.5. The second-order valence-corrected chi connectivity index (χ2v) is 6.99. The summed E-state index contributed by atoms with van der Waals surface area (Å²) < 4.78 is 0. The molecule has 0 aliphatic heterocycles. The van der Waals surface area contributed by atoms with Gasteiger partial charge in [0.2, 0.25) is 0 Å². The van der Waals surface area contributed by atoms with Gasteiger partial charge in [0.1, 0.15) is 0 Å². The molecule has 1 unspecified atom stereocenters. The molecule has 0 heterocycles. The zero-order valence-corrected chi connectivity index (χ0v) is 14.5. The molecule has 0 nitrogen and oxygen atoms in total. The lowest BCUT2D eigenvalue weighted by atomic mass is 10.0. The Morgan fingerprint density at radius 2 is 1.14 bits per heavy atom. The van der Waals surface area contributed by atoms with E-state index in [1.54, 1.807) is 5.57 Å². The van der Waals surface area contributed by atoms with Crippen molar-refractivity contribution < 1.29 is 0 Å². The molecule has 0 N–H and O–H groups in total. The summed E-state index contributed by atoms with van der Waals surface area (Å²) in [6, 6.07) is 0. The molecule has 1 fully saturated rings. The molecular weight excluding hydrogens is 252 g/mol. The van der Waals surface area contributed by atoms with Crippen molar-refractivity contribution in [2.45, 2.75) is 103 Å². The van der Waals surface area contributed by atoms with E-state index in [0.717, 1.165) is 5.92 Å². The second kappa shape index (κ2) is 13.2. The number of unbranched alkanes of at least 4 members (excludes halogenated alkanes) is 13. The monoisotopic (exact) mass is 290 g/mol. The Bertz CT molecular complexity index is 274. The summed E-state index contributed by atoms with van der Waals surface area (Å²) in [6.07, 6.45) is 25.7. The van der Waals surface area contributed by atoms with Gasteiger partial charge in [-0.25, -0.2) is 0 Å². The van der Waals surface area contributed by atoms with Crippen LogP contribution in [-0.4, -0.2) is 0 Å². The molecule has 0 spiro atoms. The zero-order chi connectivity index (χ0) is 15.2. The fraction of sp³-hybridized carbons (Fsp3) is 0.810. The first-order valence-electron chi connectivity index (χ1n) is 9.64. The first kappa shape index (κ1) is 18.5. The van der Waals surface area contributed by atoms with Gasteiger partial charge < -0.3 is 0 Å². The van der Waals surface area contributed by atoms with Crippen LogP contribution in [0.5, 0.6) is 0 Å². The van der Waals surface area contributed by atoms with Gasteiger partial charge in [0.15, 0.2) is 0 Å². The minimum Gasteiger partial charge on any atom is -0.103 e. The molecule has 0 aromatic heterocycles. The van der Waals surface area contributed by atoms with Crippen LogP contribution in [0.25, 0.3) is 0 Å². The predicted octanol–water partition coefficient (Wildman–Crippen LogP) is 7.60. The van der Waals surface area contributed by atoms with E-state index in [2.05, 4.69) is 19.6 Å². The number of hydrogen-bond acceptors (Lipinski definition) is 0. The van der Waals surface area contributed by atoms with Gasteiger partial charge in [-0.3, -0.25) is 0 Å². The average molecular weight is 291 g/mol. The highest BCUT2D eigenvalue weighted by Gasteiger charge is 2.22. The van der Waals surface area contributed by atoms with Crippen LogP contribution in [0.2, 0.25) is 0 Å². The highest BCUT2D eigenvalue weighted by molar-refractivity contribution is 5.21. The van der Waals surface area contributed by atoms with E-state index in [-0.39, 0.29) is 0 Å². The van der Waals surface area contributed by atoms with Gasteiger partial charge in [-0.2, -0.15) is 0 Å². The molecule has 1 aliphatic carbocycles. The lowest BCUT2D eigenvalue weighted by Crippen LogP contribution is -1.82. The quantitative estimate of drug-likeness (QED) is 0.215. The van der Waals surface area contributed by atoms with E-state index < -0.39 is 0 Å². The molecule has 21 heavy (non-hydrogen) atoms. The predicted molar refractivity (Wildman–Crippen MR) is 96.7 cm³/mol. The molecule has 1 rings (SSSR count). The van der Waals surface area contributed by atoms with Crippen LogP contribution >= 0.6 is 0 Å². The summed E-state index contributed by atoms with van der Waals surface area (Å²) in [5.74, 6) is 0.923. The molecule has 1 saturated carbocycles. The van der Waals surface area contributed by atoms with Crippen molar-refractivity contribution in [3.63, 3.8) is 0 Å². The highest BCUT2D eigenvalue weighted by Crippen LogP contribution is 2.37. The SMILES string of the molecule is C=CCCCCCCCCCCCCCCC=C1CC1C. The van der Waals surface area contributed by atoms with Gasteiger partial charge in [-0.15, -0.1) is 6.58 Å². The lowest BCUT2D eigenvalue weighted by molar-refractivity contribution is 0.542. The maximum Gasteiger partial charge on any atom is -0.0194 e. The van der Waals surface area contributed by atoms with Crippen molar-refractivity contribution in [2.75, 3.05) is 0 Å². The highest BCUT2D eigenvalue weighted by atomic mass is 14.3. The summed E-state index contributed by atoms with van der Waals surface area (Å²) >= 11 is 0. The Balaban J connectivity index is 1.66. The summed E-state index contributed by atoms with van der Waals surface area (Å²) in [5, 5.41) is 0. The van der Waals surface area contributed by atoms with Crippen molar-refractivity contribution in [3.8, 4) is 0 Å². The van der Waals surface area contributed by atoms with Crippen LogP contribution < -0.4 is 0 Å². The maximum absolute atomic E-state index is 3.77. The van der Waals surface area contributed by atoms with Gasteiger partial charge in [-0.1, -0.05) is 88.9 Å². The van der Waals surface area contributed by atoms with Crippen molar-refractivity contribution in [3.05, 3.63) is 24.3 Å². The van der Waals surface area contributed by atoms with E-state index in [0.29, 0.717) is 0 Å². The summed E-state index contributed by atoms with van der Waals surface area (Å²) in [5.41, 5.74) is 1.72. The molecule has 0 aromatic carbocycles. The molecule has 0 aromatic rings. The largest absolute Gasteiger partial charge is 0.103 e. The van der Waals surface area contributed by atoms with Gasteiger partial charge in [0.05, 0.1) is 0 Å². The normalized spacial score (nSPS) is 19.1. The Kier molecular flexibility index (Phi) is 11.6. The molecular formula is C21H38. The van der Waals surface area contributed by atoms with Crippen LogP contribution in [0.1, 0.15) is 103 Å². The molecule has 1 aliphatic rings. The Morgan fingerprint density at radius 1 is 0.762 bits per heavy atom. The summed E-state index contributed by atoms with van der Waals surface area (Å²) in [7, 11) is 0. The van der Waals surface area contributed by atoms with Gasteiger partial charge >= 0.3 is 0 Å². The second-order valence-electron chi connectivity index (χ2n) is 6.99. The lowest BCUT2D eigenvalue weighted by Gasteiger charge is -2.02. The maximum atomic E-state index is 3.77. The van der Waals surface area contributed by atoms with Crippen LogP contribution in [0.3, 0.4) is 0 Å². The van der Waals surface area contributed by atoms with Gasteiger partial charge in [0.25, 0.3) is 0 Å². The van der Waals surface area contributed by atoms with Crippen molar-refractivity contribution in [1.29, 1.82) is 0 Å². The van der Waals surface area contributed by atoms with Crippen LogP contribution in [0.15, 0.2) is 24.3 Å². The van der Waals surface area contributed by atoms with Crippen molar-refractivity contribution >= 4 is 0 Å². The van der Waals surface area contributed by atoms with Crippen LogP contribution in [0.4, 0.5) is 0 Å². The smallest absolute Gasteiger partial charge is 0.0194 e. The minimum atomic E-state index is 0.923. The van der Waals surface area contributed by atoms with Crippen LogP contribution in [-0.2, 0) is 0 Å². The summed E-state index contributed by atoms with van der Waals surface area (Å²) in [4.78, 5) is 0. The van der Waals surface area contributed by atoms with Crippen LogP contribution in [0, 0.1) is 5.92 Å². The third kappa shape index (κ3) is 11.8. The average Bonchev–Trinajstić information content (AvgIpc) is 3.19. The van der Waals surface area contributed by atoms with E-state index in [9.17, 15) is 0 Å². The van der Waals surface area contributed by atoms with E-state index in [1.165, 1.54) is 96.3 Å². The minimum absolute atomic E-state index is 0.923. The van der Waals surface area contributed by atoms with Crippen molar-refractivity contribution in [2.24, 2.45) is 5.92 Å². The van der Waals surface area contributed by atoms with E-state index >= 15 is 0 Å². The molecule has 0 saturated heterocycles.